The van der Waals surface area contributed by atoms with Crippen LogP contribution in [0.5, 0.6) is 0 Å². The Morgan fingerprint density at radius 3 is 2.48 bits per heavy atom. The number of carbonyl (C=O) groups excluding carboxylic acids is 1. The molecule has 1 heterocycles. The first kappa shape index (κ1) is 24.6. The highest BCUT2D eigenvalue weighted by molar-refractivity contribution is 7.92. The fourth-order valence-corrected chi connectivity index (χ4v) is 7.82. The van der Waals surface area contributed by atoms with E-state index in [0.29, 0.717) is 17.5 Å². The second-order valence-corrected chi connectivity index (χ2v) is 11.1. The van der Waals surface area contributed by atoms with Crippen molar-refractivity contribution < 1.29 is 42.0 Å². The highest BCUT2D eigenvalue weighted by Crippen LogP contribution is 2.48. The molecule has 1 aromatic carbocycles. The van der Waals surface area contributed by atoms with E-state index in [1.165, 1.54) is 12.1 Å². The Balaban J connectivity index is 1.73. The van der Waals surface area contributed by atoms with Crippen LogP contribution < -0.4 is 0 Å². The number of halogens is 2. The Labute approximate surface area is 196 Å². The molecular formula is C22H26ClFO8S. The van der Waals surface area contributed by atoms with E-state index in [2.05, 4.69) is 0 Å². The first-order chi connectivity index (χ1) is 15.7. The van der Waals surface area contributed by atoms with E-state index in [4.69, 9.17) is 25.8 Å². The molecule has 0 amide bonds. The van der Waals surface area contributed by atoms with E-state index in [9.17, 15) is 27.8 Å². The summed E-state index contributed by atoms with van der Waals surface area (Å²) >= 11 is 6.23. The Morgan fingerprint density at radius 1 is 1.21 bits per heavy atom. The normalized spacial score (nSPS) is 28.6. The monoisotopic (exact) mass is 504 g/mol. The van der Waals surface area contributed by atoms with Gasteiger partial charge in [-0.1, -0.05) is 11.6 Å². The van der Waals surface area contributed by atoms with Crippen LogP contribution in [-0.4, -0.2) is 67.7 Å². The topological polar surface area (TPSA) is 119 Å². The largest absolute Gasteiger partial charge is 0.463 e. The minimum Gasteiger partial charge on any atom is -0.463 e. The SMILES string of the molecule is CCOC(=O)C1=CC2(CC[C@H]1S(=O)(=O)[C@H]1CCc3cc(F)cc(Cl)c31)O[C@@H](CO)[C@H](CO)O2. The summed E-state index contributed by atoms with van der Waals surface area (Å²) in [5, 5.41) is 16.9. The van der Waals surface area contributed by atoms with Gasteiger partial charge in [0.05, 0.1) is 35.9 Å². The lowest BCUT2D eigenvalue weighted by Crippen LogP contribution is -2.42. The van der Waals surface area contributed by atoms with Crippen LogP contribution in [-0.2, 0) is 35.3 Å². The number of ether oxygens (including phenoxy) is 3. The highest BCUT2D eigenvalue weighted by atomic mass is 35.5. The van der Waals surface area contributed by atoms with Crippen LogP contribution in [0.2, 0.25) is 5.02 Å². The molecule has 11 heteroatoms. The van der Waals surface area contributed by atoms with E-state index in [-0.39, 0.29) is 36.5 Å². The van der Waals surface area contributed by atoms with Crippen LogP contribution in [0.1, 0.15) is 42.6 Å². The summed E-state index contributed by atoms with van der Waals surface area (Å²) in [5.41, 5.74) is 0.794. The minimum absolute atomic E-state index is 0.00603. The lowest BCUT2D eigenvalue weighted by atomic mass is 9.94. The molecule has 2 aliphatic carbocycles. The van der Waals surface area contributed by atoms with Gasteiger partial charge < -0.3 is 24.4 Å². The van der Waals surface area contributed by atoms with Crippen molar-refractivity contribution in [2.45, 2.75) is 61.1 Å². The van der Waals surface area contributed by atoms with Crippen LogP contribution in [0, 0.1) is 5.82 Å². The Bertz CT molecular complexity index is 1060. The maximum Gasteiger partial charge on any atom is 0.335 e. The van der Waals surface area contributed by atoms with Gasteiger partial charge >= 0.3 is 5.97 Å². The van der Waals surface area contributed by atoms with Crippen LogP contribution in [0.25, 0.3) is 0 Å². The molecule has 4 rings (SSSR count). The molecule has 182 valence electrons. The van der Waals surface area contributed by atoms with Crippen LogP contribution in [0.15, 0.2) is 23.8 Å². The second-order valence-electron chi connectivity index (χ2n) is 8.41. The van der Waals surface area contributed by atoms with Gasteiger partial charge in [0.1, 0.15) is 18.0 Å². The van der Waals surface area contributed by atoms with Gasteiger partial charge in [0, 0.05) is 11.4 Å². The van der Waals surface area contributed by atoms with Crippen molar-refractivity contribution in [2.24, 2.45) is 0 Å². The first-order valence-electron chi connectivity index (χ1n) is 10.8. The van der Waals surface area contributed by atoms with Gasteiger partial charge in [-0.3, -0.25) is 0 Å². The van der Waals surface area contributed by atoms with Crippen LogP contribution in [0.4, 0.5) is 4.39 Å². The number of fused-ring (bicyclic) bond motifs is 1. The van der Waals surface area contributed by atoms with Gasteiger partial charge in [0.15, 0.2) is 15.6 Å². The number of esters is 1. The van der Waals surface area contributed by atoms with Crippen LogP contribution in [0.3, 0.4) is 0 Å². The predicted octanol–water partition coefficient (Wildman–Crippen LogP) is 2.00. The van der Waals surface area contributed by atoms with E-state index >= 15 is 0 Å². The number of sulfone groups is 1. The Morgan fingerprint density at radius 2 is 1.88 bits per heavy atom. The number of rotatable bonds is 6. The number of hydrogen-bond donors (Lipinski definition) is 2. The smallest absolute Gasteiger partial charge is 0.335 e. The number of hydrogen-bond acceptors (Lipinski definition) is 8. The zero-order valence-corrected chi connectivity index (χ0v) is 19.6. The van der Waals surface area contributed by atoms with Crippen molar-refractivity contribution in [3.63, 3.8) is 0 Å². The third-order valence-corrected chi connectivity index (χ3v) is 9.30. The summed E-state index contributed by atoms with van der Waals surface area (Å²) in [4.78, 5) is 12.8. The van der Waals surface area contributed by atoms with E-state index in [1.54, 1.807) is 6.92 Å². The van der Waals surface area contributed by atoms with Crippen molar-refractivity contribution in [3.8, 4) is 0 Å². The van der Waals surface area contributed by atoms with E-state index < -0.39 is 63.3 Å². The molecule has 1 saturated heterocycles. The average Bonchev–Trinajstić information content (AvgIpc) is 3.35. The van der Waals surface area contributed by atoms with E-state index in [0.717, 1.165) is 6.07 Å². The quantitative estimate of drug-likeness (QED) is 0.564. The lowest BCUT2D eigenvalue weighted by molar-refractivity contribution is -0.154. The first-order valence-corrected chi connectivity index (χ1v) is 12.8. The molecule has 0 unspecified atom stereocenters. The van der Waals surface area contributed by atoms with Crippen molar-refractivity contribution >= 4 is 27.4 Å². The molecule has 4 atom stereocenters. The molecular weight excluding hydrogens is 479 g/mol. The van der Waals surface area contributed by atoms with E-state index in [1.807, 2.05) is 0 Å². The maximum atomic E-state index is 13.8. The highest BCUT2D eigenvalue weighted by Gasteiger charge is 2.53. The molecule has 2 N–H and O–H groups in total. The number of aryl methyl sites for hydroxylation is 1. The number of aliphatic hydroxyl groups is 2. The van der Waals surface area contributed by atoms with Crippen molar-refractivity contribution in [3.05, 3.63) is 45.7 Å². The third-order valence-electron chi connectivity index (χ3n) is 6.44. The number of carbonyl (C=O) groups is 1. The fourth-order valence-electron chi connectivity index (χ4n) is 4.99. The van der Waals surface area contributed by atoms with Crippen molar-refractivity contribution in [1.29, 1.82) is 0 Å². The summed E-state index contributed by atoms with van der Waals surface area (Å²) < 4.78 is 58.1. The van der Waals surface area contributed by atoms with Crippen LogP contribution >= 0.6 is 11.6 Å². The van der Waals surface area contributed by atoms with Gasteiger partial charge in [-0.15, -0.1) is 0 Å². The summed E-state index contributed by atoms with van der Waals surface area (Å²) in [6, 6.07) is 2.38. The van der Waals surface area contributed by atoms with Crippen molar-refractivity contribution in [1.82, 2.24) is 0 Å². The summed E-state index contributed by atoms with van der Waals surface area (Å²) in [6.45, 7) is 0.818. The second kappa shape index (κ2) is 9.24. The third kappa shape index (κ3) is 4.33. The van der Waals surface area contributed by atoms with Gasteiger partial charge in [0.2, 0.25) is 0 Å². The predicted molar refractivity (Wildman–Crippen MR) is 116 cm³/mol. The number of benzene rings is 1. The molecule has 0 radical (unpaired) electrons. The zero-order valence-electron chi connectivity index (χ0n) is 18.0. The number of aliphatic hydroxyl groups excluding tert-OH is 2. The molecule has 0 saturated carbocycles. The molecule has 33 heavy (non-hydrogen) atoms. The van der Waals surface area contributed by atoms with Gasteiger partial charge in [-0.25, -0.2) is 17.6 Å². The molecule has 1 spiro atoms. The summed E-state index contributed by atoms with van der Waals surface area (Å²) in [5.74, 6) is -2.80. The van der Waals surface area contributed by atoms with Gasteiger partial charge in [-0.2, -0.15) is 0 Å². The fraction of sp³-hybridized carbons (Fsp3) is 0.591. The molecule has 0 aromatic heterocycles. The molecule has 1 aliphatic heterocycles. The summed E-state index contributed by atoms with van der Waals surface area (Å²) in [6.07, 6.45) is 0.324. The van der Waals surface area contributed by atoms with Gasteiger partial charge in [0.25, 0.3) is 0 Å². The standard InChI is InChI=1S/C22H26ClFO8S/c1-2-30-21(27)14-9-22(31-16(10-25)17(11-26)32-22)6-5-18(14)33(28,29)19-4-3-12-7-13(24)8-15(23)20(12)19/h7-9,16-19,25-26H,2-6,10-11H2,1H3/t16-,17-,18+,19-/m0/s1. The zero-order chi connectivity index (χ0) is 24.0. The van der Waals surface area contributed by atoms with Gasteiger partial charge in [-0.05, 0) is 55.5 Å². The minimum atomic E-state index is -3.99. The Kier molecular flexibility index (Phi) is 6.88. The molecule has 1 aromatic rings. The molecule has 1 fully saturated rings. The summed E-state index contributed by atoms with van der Waals surface area (Å²) in [7, 11) is -3.99. The molecule has 8 nitrogen and oxygen atoms in total. The molecule has 0 bridgehead atoms. The van der Waals surface area contributed by atoms with Crippen molar-refractivity contribution in [2.75, 3.05) is 19.8 Å². The maximum absolute atomic E-state index is 13.8. The lowest BCUT2D eigenvalue weighted by Gasteiger charge is -2.34. The molecule has 3 aliphatic rings. The Hall–Kier alpha value is -1.56. The average molecular weight is 505 g/mol.